The first kappa shape index (κ1) is 15.2. The Hall–Kier alpha value is -2.24. The van der Waals surface area contributed by atoms with E-state index in [2.05, 4.69) is 34.7 Å². The van der Waals surface area contributed by atoms with Crippen molar-refractivity contribution in [2.45, 2.75) is 33.7 Å². The Labute approximate surface area is 124 Å². The summed E-state index contributed by atoms with van der Waals surface area (Å²) in [5, 5.41) is 14.5. The summed E-state index contributed by atoms with van der Waals surface area (Å²) >= 11 is 0. The van der Waals surface area contributed by atoms with Crippen LogP contribution in [0.15, 0.2) is 24.3 Å². The number of nitrogens with one attached hydrogen (secondary N) is 1. The monoisotopic (exact) mass is 287 g/mol. The van der Waals surface area contributed by atoms with E-state index in [1.165, 1.54) is 0 Å². The Balaban J connectivity index is 2.12. The van der Waals surface area contributed by atoms with E-state index in [1.807, 2.05) is 25.1 Å². The van der Waals surface area contributed by atoms with Crippen LogP contribution in [0.2, 0.25) is 0 Å². The summed E-state index contributed by atoms with van der Waals surface area (Å²) in [5.74, 6) is 1.19. The molecule has 0 saturated carbocycles. The lowest BCUT2D eigenvalue weighted by atomic mass is 10.1. The van der Waals surface area contributed by atoms with E-state index in [4.69, 9.17) is 0 Å². The van der Waals surface area contributed by atoms with Gasteiger partial charge in [0.2, 0.25) is 0 Å². The van der Waals surface area contributed by atoms with Crippen molar-refractivity contribution in [1.29, 1.82) is 0 Å². The molecule has 6 nitrogen and oxygen atoms in total. The highest BCUT2D eigenvalue weighted by Crippen LogP contribution is 2.17. The van der Waals surface area contributed by atoms with Crippen molar-refractivity contribution >= 4 is 5.91 Å². The third-order valence-corrected chi connectivity index (χ3v) is 3.22. The first-order valence-corrected chi connectivity index (χ1v) is 7.26. The van der Waals surface area contributed by atoms with Gasteiger partial charge in [-0.1, -0.05) is 26.0 Å². The van der Waals surface area contributed by atoms with Crippen LogP contribution in [-0.4, -0.2) is 32.7 Å². The summed E-state index contributed by atoms with van der Waals surface area (Å²) in [6, 6.07) is 7.38. The number of nitrogens with zero attached hydrogens (tertiary/aromatic N) is 4. The number of hydrogen-bond donors (Lipinski definition) is 1. The highest BCUT2D eigenvalue weighted by Gasteiger charge is 2.11. The average molecular weight is 287 g/mol. The molecule has 0 aliphatic heterocycles. The molecule has 6 heteroatoms. The number of aromatic nitrogens is 4. The first-order valence-electron chi connectivity index (χ1n) is 7.26. The first-order chi connectivity index (χ1) is 10.1. The minimum Gasteiger partial charge on any atom is -0.352 e. The maximum Gasteiger partial charge on any atom is 0.251 e. The molecule has 0 saturated heterocycles. The second kappa shape index (κ2) is 6.97. The van der Waals surface area contributed by atoms with Gasteiger partial charge in [0, 0.05) is 24.2 Å². The number of tetrazole rings is 1. The van der Waals surface area contributed by atoms with Gasteiger partial charge >= 0.3 is 0 Å². The van der Waals surface area contributed by atoms with Gasteiger partial charge in [0.1, 0.15) is 0 Å². The number of rotatable bonds is 6. The lowest BCUT2D eigenvalue weighted by Gasteiger charge is -2.08. The smallest absolute Gasteiger partial charge is 0.251 e. The molecule has 2 aromatic rings. The molecule has 1 aromatic heterocycles. The summed E-state index contributed by atoms with van der Waals surface area (Å²) < 4.78 is 1.70. The van der Waals surface area contributed by atoms with E-state index in [0.29, 0.717) is 30.4 Å². The zero-order chi connectivity index (χ0) is 15.2. The fourth-order valence-corrected chi connectivity index (χ4v) is 2.00. The zero-order valence-corrected chi connectivity index (χ0v) is 12.7. The number of carbonyl (C=O) groups excluding carboxylic acids is 1. The lowest BCUT2D eigenvalue weighted by molar-refractivity contribution is 0.0952. The van der Waals surface area contributed by atoms with Gasteiger partial charge in [0.15, 0.2) is 5.82 Å². The van der Waals surface area contributed by atoms with Gasteiger partial charge < -0.3 is 5.32 Å². The van der Waals surface area contributed by atoms with Crippen LogP contribution < -0.4 is 5.32 Å². The van der Waals surface area contributed by atoms with Crippen molar-refractivity contribution in [3.63, 3.8) is 0 Å². The van der Waals surface area contributed by atoms with E-state index in [0.717, 1.165) is 12.0 Å². The fraction of sp³-hybridized carbons (Fsp3) is 0.467. The molecule has 0 aliphatic carbocycles. The molecular formula is C15H21N5O. The van der Waals surface area contributed by atoms with Crippen LogP contribution in [0.1, 0.15) is 37.6 Å². The van der Waals surface area contributed by atoms with Crippen molar-refractivity contribution < 1.29 is 4.79 Å². The van der Waals surface area contributed by atoms with Gasteiger partial charge in [-0.05, 0) is 41.8 Å². The Morgan fingerprint density at radius 3 is 2.90 bits per heavy atom. The maximum absolute atomic E-state index is 12.1. The second-order valence-corrected chi connectivity index (χ2v) is 5.34. The fourth-order valence-electron chi connectivity index (χ4n) is 2.00. The number of benzene rings is 1. The van der Waals surface area contributed by atoms with Crippen LogP contribution in [0.4, 0.5) is 0 Å². The van der Waals surface area contributed by atoms with E-state index in [-0.39, 0.29) is 5.91 Å². The largest absolute Gasteiger partial charge is 0.352 e. The topological polar surface area (TPSA) is 72.7 Å². The van der Waals surface area contributed by atoms with E-state index in [1.54, 1.807) is 10.7 Å². The van der Waals surface area contributed by atoms with Gasteiger partial charge in [0.05, 0.1) is 0 Å². The molecule has 0 unspecified atom stereocenters. The summed E-state index contributed by atoms with van der Waals surface area (Å²) in [4.78, 5) is 12.1. The number of aryl methyl sites for hydroxylation is 1. The van der Waals surface area contributed by atoms with Crippen molar-refractivity contribution in [3.05, 3.63) is 29.8 Å². The maximum atomic E-state index is 12.1. The lowest BCUT2D eigenvalue weighted by Crippen LogP contribution is -2.25. The molecule has 112 valence electrons. The SMILES string of the molecule is CCn1nnnc1-c1cccc(C(=O)NCCC(C)C)c1. The summed E-state index contributed by atoms with van der Waals surface area (Å²) in [6.07, 6.45) is 0.972. The minimum absolute atomic E-state index is 0.0620. The number of carbonyl (C=O) groups is 1. The molecule has 21 heavy (non-hydrogen) atoms. The van der Waals surface area contributed by atoms with Crippen LogP contribution in [0.25, 0.3) is 11.4 Å². The van der Waals surface area contributed by atoms with Crippen molar-refractivity contribution in [2.75, 3.05) is 6.54 Å². The van der Waals surface area contributed by atoms with Gasteiger partial charge in [-0.2, -0.15) is 0 Å². The molecule has 1 heterocycles. The van der Waals surface area contributed by atoms with Gasteiger partial charge in [-0.25, -0.2) is 4.68 Å². The Kier molecular flexibility index (Phi) is 5.03. The average Bonchev–Trinajstić information content (AvgIpc) is 2.95. The highest BCUT2D eigenvalue weighted by molar-refractivity contribution is 5.95. The molecule has 0 bridgehead atoms. The van der Waals surface area contributed by atoms with Gasteiger partial charge in [-0.15, -0.1) is 5.10 Å². The third-order valence-electron chi connectivity index (χ3n) is 3.22. The Bertz CT molecular complexity index is 606. The van der Waals surface area contributed by atoms with Crippen molar-refractivity contribution in [2.24, 2.45) is 5.92 Å². The molecule has 0 radical (unpaired) electrons. The van der Waals surface area contributed by atoms with Crippen molar-refractivity contribution in [1.82, 2.24) is 25.5 Å². The van der Waals surface area contributed by atoms with Gasteiger partial charge in [0.25, 0.3) is 5.91 Å². The molecule has 0 spiro atoms. The molecule has 1 aromatic carbocycles. The second-order valence-electron chi connectivity index (χ2n) is 5.34. The third kappa shape index (κ3) is 3.87. The molecule has 1 N–H and O–H groups in total. The predicted octanol–water partition coefficient (Wildman–Crippen LogP) is 2.14. The Morgan fingerprint density at radius 2 is 2.19 bits per heavy atom. The molecule has 0 fully saturated rings. The molecule has 1 amide bonds. The Morgan fingerprint density at radius 1 is 1.38 bits per heavy atom. The van der Waals surface area contributed by atoms with Crippen LogP contribution in [0.3, 0.4) is 0 Å². The molecule has 0 aliphatic rings. The van der Waals surface area contributed by atoms with Gasteiger partial charge in [-0.3, -0.25) is 4.79 Å². The summed E-state index contributed by atoms with van der Waals surface area (Å²) in [6.45, 7) is 7.62. The molecule has 2 rings (SSSR count). The normalized spacial score (nSPS) is 10.9. The number of hydrogen-bond acceptors (Lipinski definition) is 4. The van der Waals surface area contributed by atoms with E-state index < -0.39 is 0 Å². The number of amides is 1. The van der Waals surface area contributed by atoms with Crippen LogP contribution >= 0.6 is 0 Å². The van der Waals surface area contributed by atoms with Crippen LogP contribution in [-0.2, 0) is 6.54 Å². The van der Waals surface area contributed by atoms with Crippen molar-refractivity contribution in [3.8, 4) is 11.4 Å². The molecule has 0 atom stereocenters. The highest BCUT2D eigenvalue weighted by atomic mass is 16.1. The molecular weight excluding hydrogens is 266 g/mol. The van der Waals surface area contributed by atoms with E-state index in [9.17, 15) is 4.79 Å². The predicted molar refractivity (Wildman–Crippen MR) is 80.7 cm³/mol. The quantitative estimate of drug-likeness (QED) is 0.883. The van der Waals surface area contributed by atoms with Crippen LogP contribution in [0.5, 0.6) is 0 Å². The summed E-state index contributed by atoms with van der Waals surface area (Å²) in [7, 11) is 0. The summed E-state index contributed by atoms with van der Waals surface area (Å²) in [5.41, 5.74) is 1.47. The van der Waals surface area contributed by atoms with E-state index >= 15 is 0 Å². The van der Waals surface area contributed by atoms with Crippen LogP contribution in [0, 0.1) is 5.92 Å². The zero-order valence-electron chi connectivity index (χ0n) is 12.7. The standard InChI is InChI=1S/C15H21N5O/c1-4-20-14(17-18-19-20)12-6-5-7-13(10-12)15(21)16-9-8-11(2)3/h5-7,10-11H,4,8-9H2,1-3H3,(H,16,21). The minimum atomic E-state index is -0.0620.